The van der Waals surface area contributed by atoms with E-state index in [0.29, 0.717) is 5.69 Å². The van der Waals surface area contributed by atoms with Gasteiger partial charge in [-0.2, -0.15) is 4.39 Å². The van der Waals surface area contributed by atoms with E-state index in [0.717, 1.165) is 5.69 Å². The maximum Gasteiger partial charge on any atom is 0.214 e. The Hall–Kier alpha value is -1.90. The second-order valence-corrected chi connectivity index (χ2v) is 3.36. The standard InChI is InChI=1S/C12H11FN2/c1-9-2-4-10(5-3-9)15-11-6-7-14-12(13)8-11/h2-8H,1H3,(H,14,15). The predicted molar refractivity (Wildman–Crippen MR) is 58.7 cm³/mol. The number of benzene rings is 1. The number of aryl methyl sites for hydroxylation is 1. The lowest BCUT2D eigenvalue weighted by Gasteiger charge is -2.05. The van der Waals surface area contributed by atoms with Crippen molar-refractivity contribution in [1.82, 2.24) is 4.98 Å². The number of nitrogens with zero attached hydrogens (tertiary/aromatic N) is 1. The summed E-state index contributed by atoms with van der Waals surface area (Å²) < 4.78 is 12.8. The first-order valence-electron chi connectivity index (χ1n) is 4.69. The zero-order chi connectivity index (χ0) is 10.7. The summed E-state index contributed by atoms with van der Waals surface area (Å²) in [6.45, 7) is 2.02. The van der Waals surface area contributed by atoms with Crippen molar-refractivity contribution < 1.29 is 4.39 Å². The molecule has 0 atom stereocenters. The van der Waals surface area contributed by atoms with E-state index < -0.39 is 5.95 Å². The van der Waals surface area contributed by atoms with Crippen LogP contribution in [0.5, 0.6) is 0 Å². The van der Waals surface area contributed by atoms with Crippen molar-refractivity contribution in [1.29, 1.82) is 0 Å². The molecular weight excluding hydrogens is 191 g/mol. The number of aromatic nitrogens is 1. The van der Waals surface area contributed by atoms with Crippen LogP contribution in [0.4, 0.5) is 15.8 Å². The van der Waals surface area contributed by atoms with Gasteiger partial charge in [0.05, 0.1) is 0 Å². The molecule has 2 aromatic rings. The largest absolute Gasteiger partial charge is 0.355 e. The highest BCUT2D eigenvalue weighted by Crippen LogP contribution is 2.16. The maximum absolute atomic E-state index is 12.8. The minimum atomic E-state index is -0.480. The summed E-state index contributed by atoms with van der Waals surface area (Å²) >= 11 is 0. The molecule has 0 aliphatic carbocycles. The van der Waals surface area contributed by atoms with E-state index in [1.165, 1.54) is 17.8 Å². The first-order chi connectivity index (χ1) is 7.24. The lowest BCUT2D eigenvalue weighted by molar-refractivity contribution is 0.584. The molecule has 0 radical (unpaired) electrons. The number of halogens is 1. The van der Waals surface area contributed by atoms with E-state index in [2.05, 4.69) is 10.3 Å². The van der Waals surface area contributed by atoms with Crippen LogP contribution >= 0.6 is 0 Å². The van der Waals surface area contributed by atoms with Crippen molar-refractivity contribution in [2.24, 2.45) is 0 Å². The lowest BCUT2D eigenvalue weighted by atomic mass is 10.2. The zero-order valence-corrected chi connectivity index (χ0v) is 8.37. The van der Waals surface area contributed by atoms with E-state index in [-0.39, 0.29) is 0 Å². The Morgan fingerprint density at radius 3 is 2.47 bits per heavy atom. The highest BCUT2D eigenvalue weighted by molar-refractivity contribution is 5.59. The van der Waals surface area contributed by atoms with E-state index in [4.69, 9.17) is 0 Å². The number of pyridine rings is 1. The van der Waals surface area contributed by atoms with Crippen LogP contribution in [-0.2, 0) is 0 Å². The highest BCUT2D eigenvalue weighted by atomic mass is 19.1. The summed E-state index contributed by atoms with van der Waals surface area (Å²) in [5, 5.41) is 3.09. The second kappa shape index (κ2) is 4.09. The Morgan fingerprint density at radius 1 is 1.07 bits per heavy atom. The number of nitrogens with one attached hydrogen (secondary N) is 1. The molecule has 1 aromatic carbocycles. The molecule has 0 amide bonds. The molecule has 1 heterocycles. The molecule has 0 saturated heterocycles. The number of anilines is 2. The molecule has 1 aromatic heterocycles. The van der Waals surface area contributed by atoms with Gasteiger partial charge in [0.1, 0.15) is 0 Å². The molecule has 0 aliphatic heterocycles. The van der Waals surface area contributed by atoms with Crippen LogP contribution in [0, 0.1) is 12.9 Å². The Morgan fingerprint density at radius 2 is 1.80 bits per heavy atom. The molecule has 15 heavy (non-hydrogen) atoms. The highest BCUT2D eigenvalue weighted by Gasteiger charge is 1.96. The van der Waals surface area contributed by atoms with Gasteiger partial charge in [-0.15, -0.1) is 0 Å². The van der Waals surface area contributed by atoms with Crippen molar-refractivity contribution in [3.63, 3.8) is 0 Å². The first-order valence-corrected chi connectivity index (χ1v) is 4.69. The minimum absolute atomic E-state index is 0.480. The molecular formula is C12H11FN2. The summed E-state index contributed by atoms with van der Waals surface area (Å²) in [7, 11) is 0. The Kier molecular flexibility index (Phi) is 2.63. The second-order valence-electron chi connectivity index (χ2n) is 3.36. The molecule has 1 N–H and O–H groups in total. The fourth-order valence-corrected chi connectivity index (χ4v) is 1.28. The summed E-state index contributed by atoms with van der Waals surface area (Å²) in [6.07, 6.45) is 1.44. The third-order valence-corrected chi connectivity index (χ3v) is 2.07. The minimum Gasteiger partial charge on any atom is -0.355 e. The van der Waals surface area contributed by atoms with E-state index in [1.54, 1.807) is 6.07 Å². The molecule has 2 rings (SSSR count). The van der Waals surface area contributed by atoms with Gasteiger partial charge in [-0.05, 0) is 25.1 Å². The number of hydrogen-bond acceptors (Lipinski definition) is 2. The molecule has 0 unspecified atom stereocenters. The normalized spacial score (nSPS) is 10.0. The molecule has 0 fully saturated rings. The van der Waals surface area contributed by atoms with Crippen LogP contribution in [0.3, 0.4) is 0 Å². The predicted octanol–water partition coefficient (Wildman–Crippen LogP) is 3.27. The number of rotatable bonds is 2. The van der Waals surface area contributed by atoms with Gasteiger partial charge >= 0.3 is 0 Å². The summed E-state index contributed by atoms with van der Waals surface area (Å²) in [5.41, 5.74) is 2.83. The quantitative estimate of drug-likeness (QED) is 0.756. The third-order valence-electron chi connectivity index (χ3n) is 2.07. The average molecular weight is 202 g/mol. The molecule has 76 valence electrons. The molecule has 0 spiro atoms. The Labute approximate surface area is 87.8 Å². The summed E-state index contributed by atoms with van der Waals surface area (Å²) in [5.74, 6) is -0.480. The van der Waals surface area contributed by atoms with Gasteiger partial charge in [0.15, 0.2) is 0 Å². The number of hydrogen-bond donors (Lipinski definition) is 1. The summed E-state index contributed by atoms with van der Waals surface area (Å²) in [4.78, 5) is 3.49. The van der Waals surface area contributed by atoms with Crippen LogP contribution in [0.25, 0.3) is 0 Å². The van der Waals surface area contributed by atoms with Gasteiger partial charge in [-0.3, -0.25) is 0 Å². The SMILES string of the molecule is Cc1ccc(Nc2ccnc(F)c2)cc1. The van der Waals surface area contributed by atoms with Gasteiger partial charge in [0.25, 0.3) is 0 Å². The molecule has 0 aliphatic rings. The topological polar surface area (TPSA) is 24.9 Å². The fourth-order valence-electron chi connectivity index (χ4n) is 1.28. The molecule has 0 saturated carbocycles. The van der Waals surface area contributed by atoms with Gasteiger partial charge in [-0.1, -0.05) is 17.7 Å². The Balaban J connectivity index is 2.18. The van der Waals surface area contributed by atoms with Crippen molar-refractivity contribution >= 4 is 11.4 Å². The van der Waals surface area contributed by atoms with Gasteiger partial charge in [0, 0.05) is 23.6 Å². The van der Waals surface area contributed by atoms with Crippen LogP contribution in [0.1, 0.15) is 5.56 Å². The van der Waals surface area contributed by atoms with Gasteiger partial charge in [0.2, 0.25) is 5.95 Å². The smallest absolute Gasteiger partial charge is 0.214 e. The van der Waals surface area contributed by atoms with Crippen molar-refractivity contribution in [3.8, 4) is 0 Å². The van der Waals surface area contributed by atoms with Gasteiger partial charge < -0.3 is 5.32 Å². The van der Waals surface area contributed by atoms with Crippen LogP contribution in [-0.4, -0.2) is 4.98 Å². The van der Waals surface area contributed by atoms with Crippen molar-refractivity contribution in [2.75, 3.05) is 5.32 Å². The average Bonchev–Trinajstić information content (AvgIpc) is 2.22. The van der Waals surface area contributed by atoms with Crippen LogP contribution < -0.4 is 5.32 Å². The van der Waals surface area contributed by atoms with E-state index in [9.17, 15) is 4.39 Å². The molecule has 0 bridgehead atoms. The fraction of sp³-hybridized carbons (Fsp3) is 0.0833. The van der Waals surface area contributed by atoms with E-state index in [1.807, 2.05) is 31.2 Å². The van der Waals surface area contributed by atoms with Crippen molar-refractivity contribution in [2.45, 2.75) is 6.92 Å². The summed E-state index contributed by atoms with van der Waals surface area (Å²) in [6, 6.07) is 11.0. The third kappa shape index (κ3) is 2.53. The lowest BCUT2D eigenvalue weighted by Crippen LogP contribution is -1.91. The molecule has 2 nitrogen and oxygen atoms in total. The zero-order valence-electron chi connectivity index (χ0n) is 8.37. The van der Waals surface area contributed by atoms with Crippen molar-refractivity contribution in [3.05, 3.63) is 54.1 Å². The van der Waals surface area contributed by atoms with E-state index >= 15 is 0 Å². The first kappa shape index (κ1) is 9.65. The monoisotopic (exact) mass is 202 g/mol. The molecule has 3 heteroatoms. The van der Waals surface area contributed by atoms with Gasteiger partial charge in [-0.25, -0.2) is 4.98 Å². The van der Waals surface area contributed by atoms with Crippen LogP contribution in [0.2, 0.25) is 0 Å². The Bertz CT molecular complexity index is 451. The van der Waals surface area contributed by atoms with Crippen LogP contribution in [0.15, 0.2) is 42.6 Å². The maximum atomic E-state index is 12.8.